The van der Waals surface area contributed by atoms with E-state index < -0.39 is 40.3 Å². The summed E-state index contributed by atoms with van der Waals surface area (Å²) in [6, 6.07) is 12.3. The zero-order valence-corrected chi connectivity index (χ0v) is 23.6. The average Bonchev–Trinajstić information content (AvgIpc) is 2.96. The maximum atomic E-state index is 14.1. The fraction of sp³-hybridized carbons (Fsp3) is 0.433. The first-order chi connectivity index (χ1) is 20.4. The lowest BCUT2D eigenvalue weighted by Gasteiger charge is -2.24. The van der Waals surface area contributed by atoms with Gasteiger partial charge in [0.25, 0.3) is 10.0 Å². The van der Waals surface area contributed by atoms with Crippen molar-refractivity contribution in [1.82, 2.24) is 9.97 Å². The van der Waals surface area contributed by atoms with Crippen LogP contribution < -0.4 is 9.62 Å². The topological polar surface area (TPSA) is 92.3 Å². The van der Waals surface area contributed by atoms with Gasteiger partial charge in [0.2, 0.25) is 0 Å². The molecule has 1 aliphatic rings. The van der Waals surface area contributed by atoms with E-state index in [4.69, 9.17) is 2.74 Å². The summed E-state index contributed by atoms with van der Waals surface area (Å²) < 4.78 is 88.8. The van der Waals surface area contributed by atoms with Gasteiger partial charge < -0.3 is 9.69 Å². The van der Waals surface area contributed by atoms with Gasteiger partial charge in [-0.1, -0.05) is 56.0 Å². The Balaban J connectivity index is 1.80. The molecule has 220 valence electrons. The van der Waals surface area contributed by atoms with Crippen LogP contribution in [0.25, 0.3) is 11.3 Å². The second-order valence-corrected chi connectivity index (χ2v) is 11.6. The van der Waals surface area contributed by atoms with Crippen LogP contribution in [0.15, 0.2) is 59.6 Å². The van der Waals surface area contributed by atoms with Crippen LogP contribution in [0.5, 0.6) is 0 Å². The van der Waals surface area contributed by atoms with E-state index in [0.29, 0.717) is 44.6 Å². The summed E-state index contributed by atoms with van der Waals surface area (Å²) in [6.07, 6.45) is -2.43. The Morgan fingerprint density at radius 1 is 1.00 bits per heavy atom. The molecule has 2 atom stereocenters. The van der Waals surface area contributed by atoms with Crippen molar-refractivity contribution in [1.29, 1.82) is 0 Å². The van der Waals surface area contributed by atoms with E-state index >= 15 is 0 Å². The molecule has 0 aliphatic carbocycles. The van der Waals surface area contributed by atoms with Crippen LogP contribution in [0, 0.1) is 0 Å². The van der Waals surface area contributed by atoms with Crippen molar-refractivity contribution in [3.63, 3.8) is 0 Å². The summed E-state index contributed by atoms with van der Waals surface area (Å²) in [7, 11) is -4.36. The molecule has 0 spiro atoms. The molecule has 3 aromatic rings. The minimum Gasteiger partial charge on any atom is -0.357 e. The van der Waals surface area contributed by atoms with Crippen LogP contribution in [-0.4, -0.2) is 37.3 Å². The second kappa shape index (κ2) is 13.5. The molecule has 1 N–H and O–H groups in total. The molecule has 2 unspecified atom stereocenters. The number of nitrogens with zero attached hydrogens (tertiary/aromatic N) is 3. The number of Topliss-reactive ketones (excluding diaryl/α,β-unsaturated/α-hetero) is 1. The standard InChI is InChI=1S/C30H35F3N4O3S/c1-22(38)12-11-21-37-20-9-5-3-2-4-6-13-23-14-7-8-15-24(23)29-25(30(31,32)33)18-19-26(34-29)36-41(39,40)28-17-10-16-27(37)35-28/h7-8,10,14-19H,2-6,9,11-13,20-21H2,1H3,(H,34,36)/i6D,13D. The zero-order chi connectivity index (χ0) is 31.2. The molecule has 0 saturated heterocycles. The van der Waals surface area contributed by atoms with Gasteiger partial charge in [-0.05, 0) is 62.4 Å². The molecular weight excluding hydrogens is 553 g/mol. The molecule has 7 nitrogen and oxygen atoms in total. The fourth-order valence-electron chi connectivity index (χ4n) is 4.72. The maximum Gasteiger partial charge on any atom is 0.418 e. The zero-order valence-electron chi connectivity index (χ0n) is 24.8. The second-order valence-electron chi connectivity index (χ2n) is 10.0. The van der Waals surface area contributed by atoms with E-state index in [1.54, 1.807) is 18.2 Å². The Morgan fingerprint density at radius 2 is 1.76 bits per heavy atom. The number of halogens is 3. The largest absolute Gasteiger partial charge is 0.418 e. The van der Waals surface area contributed by atoms with E-state index in [0.717, 1.165) is 31.4 Å². The number of benzene rings is 1. The Kier molecular flexibility index (Phi) is 9.09. The third-order valence-corrected chi connectivity index (χ3v) is 8.02. The minimum absolute atomic E-state index is 0.0207. The van der Waals surface area contributed by atoms with Gasteiger partial charge in [-0.3, -0.25) is 4.72 Å². The summed E-state index contributed by atoms with van der Waals surface area (Å²) in [6.45, 7) is 2.57. The van der Waals surface area contributed by atoms with Crippen LogP contribution in [0.2, 0.25) is 0 Å². The third kappa shape index (κ3) is 8.28. The number of fused-ring (bicyclic) bond motifs is 6. The SMILES string of the molecule is [2H]C1CCCCCCN(CCCC(C)=O)c2cccc(n2)S(=O)(=O)Nc2ccc(C(F)(F)F)c(n2)-c2ccccc2C1[2H]. The van der Waals surface area contributed by atoms with Crippen molar-refractivity contribution in [2.45, 2.75) is 75.9 Å². The monoisotopic (exact) mass is 590 g/mol. The van der Waals surface area contributed by atoms with E-state index in [9.17, 15) is 26.4 Å². The minimum atomic E-state index is -4.80. The molecule has 0 amide bonds. The predicted molar refractivity (Wildman–Crippen MR) is 153 cm³/mol. The number of anilines is 2. The summed E-state index contributed by atoms with van der Waals surface area (Å²) in [5, 5.41) is -0.327. The molecular formula is C30H35F3N4O3S. The van der Waals surface area contributed by atoms with Gasteiger partial charge in [-0.15, -0.1) is 0 Å². The lowest BCUT2D eigenvalue weighted by atomic mass is 9.96. The highest BCUT2D eigenvalue weighted by atomic mass is 32.2. The van der Waals surface area contributed by atoms with E-state index in [1.165, 1.54) is 31.2 Å². The van der Waals surface area contributed by atoms with Crippen LogP contribution in [0.4, 0.5) is 24.8 Å². The van der Waals surface area contributed by atoms with Crippen LogP contribution in [0.1, 0.15) is 72.1 Å². The Labute approximate surface area is 242 Å². The highest BCUT2D eigenvalue weighted by Crippen LogP contribution is 2.38. The number of rotatable bonds is 4. The number of alkyl halides is 3. The third-order valence-electron chi connectivity index (χ3n) is 6.77. The number of nitrogens with one attached hydrogen (secondary N) is 1. The van der Waals surface area contributed by atoms with Crippen LogP contribution in [0.3, 0.4) is 0 Å². The Bertz CT molecular complexity index is 1540. The summed E-state index contributed by atoms with van der Waals surface area (Å²) >= 11 is 0. The summed E-state index contributed by atoms with van der Waals surface area (Å²) in [4.78, 5) is 21.9. The van der Waals surface area contributed by atoms with Crippen molar-refractivity contribution in [2.24, 2.45) is 0 Å². The number of aromatic nitrogens is 2. The molecule has 4 bridgehead atoms. The molecule has 1 aliphatic heterocycles. The number of ketones is 1. The maximum absolute atomic E-state index is 14.1. The van der Waals surface area contributed by atoms with Gasteiger partial charge in [-0.25, -0.2) is 9.97 Å². The van der Waals surface area contributed by atoms with Gasteiger partial charge in [0.05, 0.1) is 11.3 Å². The van der Waals surface area contributed by atoms with Crippen molar-refractivity contribution >= 4 is 27.4 Å². The Hall–Kier alpha value is -3.47. The highest BCUT2D eigenvalue weighted by Gasteiger charge is 2.35. The highest BCUT2D eigenvalue weighted by molar-refractivity contribution is 7.92. The molecule has 3 heterocycles. The van der Waals surface area contributed by atoms with Gasteiger partial charge in [0.1, 0.15) is 17.4 Å². The Morgan fingerprint density at radius 3 is 2.54 bits per heavy atom. The van der Waals surface area contributed by atoms with Gasteiger partial charge in [-0.2, -0.15) is 21.6 Å². The first-order valence-corrected chi connectivity index (χ1v) is 15.1. The molecule has 4 rings (SSSR count). The van der Waals surface area contributed by atoms with E-state index in [1.807, 2.05) is 4.90 Å². The lowest BCUT2D eigenvalue weighted by molar-refractivity contribution is -0.137. The molecule has 1 aromatic carbocycles. The summed E-state index contributed by atoms with van der Waals surface area (Å²) in [5.41, 5.74) is -1.37. The first kappa shape index (κ1) is 27.7. The van der Waals surface area contributed by atoms with Crippen LogP contribution >= 0.6 is 0 Å². The number of carbonyl (C=O) groups excluding carboxylic acids is 1. The smallest absolute Gasteiger partial charge is 0.357 e. The molecule has 41 heavy (non-hydrogen) atoms. The summed E-state index contributed by atoms with van der Waals surface area (Å²) in [5.74, 6) is 0.113. The average molecular weight is 591 g/mol. The number of sulfonamides is 1. The number of hydrogen-bond donors (Lipinski definition) is 1. The molecule has 0 saturated carbocycles. The first-order valence-electron chi connectivity index (χ1n) is 14.8. The number of hydrogen-bond acceptors (Lipinski definition) is 6. The fourth-order valence-corrected chi connectivity index (χ4v) is 5.68. The molecule has 0 radical (unpaired) electrons. The van der Waals surface area contributed by atoms with E-state index in [2.05, 4.69) is 14.7 Å². The number of pyridine rings is 2. The van der Waals surface area contributed by atoms with Crippen molar-refractivity contribution in [2.75, 3.05) is 22.7 Å². The van der Waals surface area contributed by atoms with E-state index in [-0.39, 0.29) is 27.8 Å². The van der Waals surface area contributed by atoms with Gasteiger partial charge >= 0.3 is 6.18 Å². The van der Waals surface area contributed by atoms with Crippen molar-refractivity contribution in [3.8, 4) is 11.3 Å². The van der Waals surface area contributed by atoms with Crippen molar-refractivity contribution < 1.29 is 29.1 Å². The number of aryl methyl sites for hydroxylation is 1. The predicted octanol–water partition coefficient (Wildman–Crippen LogP) is 7.04. The lowest BCUT2D eigenvalue weighted by Crippen LogP contribution is -2.28. The quantitative estimate of drug-likeness (QED) is 0.351. The number of carbonyl (C=O) groups is 1. The van der Waals surface area contributed by atoms with Gasteiger partial charge in [0, 0.05) is 27.8 Å². The normalized spacial score (nSPS) is 20.7. The van der Waals surface area contributed by atoms with Crippen LogP contribution in [-0.2, 0) is 27.4 Å². The molecule has 11 heteroatoms. The molecule has 2 aromatic heterocycles. The van der Waals surface area contributed by atoms with Crippen molar-refractivity contribution in [3.05, 3.63) is 65.7 Å². The van der Waals surface area contributed by atoms with Gasteiger partial charge in [0.15, 0.2) is 5.03 Å². The molecule has 0 fully saturated rings.